The van der Waals surface area contributed by atoms with Crippen LogP contribution < -0.4 is 14.0 Å². The van der Waals surface area contributed by atoms with Gasteiger partial charge in [0.25, 0.3) is 0 Å². The quantitative estimate of drug-likeness (QED) is 0.190. The molecule has 0 unspecified atom stereocenters. The van der Waals surface area contributed by atoms with E-state index in [1.54, 1.807) is 7.11 Å². The van der Waals surface area contributed by atoms with Crippen molar-refractivity contribution < 1.29 is 9.14 Å². The summed E-state index contributed by atoms with van der Waals surface area (Å²) in [6.07, 6.45) is 2.17. The van der Waals surface area contributed by atoms with Gasteiger partial charge in [-0.05, 0) is 71.6 Å². The summed E-state index contributed by atoms with van der Waals surface area (Å²) in [6.45, 7) is 6.58. The minimum absolute atomic E-state index is 0.890. The fraction of sp³-hybridized carbons (Fsp3) is 0.207. The Morgan fingerprint density at radius 3 is 2.31 bits per heavy atom. The van der Waals surface area contributed by atoms with Crippen LogP contribution in [0.3, 0.4) is 0 Å². The highest BCUT2D eigenvalue weighted by molar-refractivity contribution is 6.01. The van der Waals surface area contributed by atoms with Crippen molar-refractivity contribution in [3.8, 4) is 16.9 Å². The number of ether oxygens (including phenoxy) is 1. The van der Waals surface area contributed by atoms with Crippen LogP contribution in [-0.2, 0) is 0 Å². The Bertz CT molecular complexity index is 1520. The molecule has 5 rings (SSSR count). The molecule has 0 saturated heterocycles. The first-order valence-corrected chi connectivity index (χ1v) is 11.0. The van der Waals surface area contributed by atoms with Gasteiger partial charge in [-0.15, -0.1) is 0 Å². The second kappa shape index (κ2) is 7.52. The number of fused-ring (bicyclic) bond motifs is 4. The molecule has 160 valence electrons. The molecule has 3 aromatic carbocycles. The maximum absolute atomic E-state index is 5.82. The van der Waals surface area contributed by atoms with Crippen LogP contribution in [0.25, 0.3) is 38.2 Å². The molecule has 0 spiro atoms. The normalized spacial score (nSPS) is 11.4. The van der Waals surface area contributed by atoms with E-state index in [0.29, 0.717) is 0 Å². The molecule has 3 heteroatoms. The molecule has 0 amide bonds. The summed E-state index contributed by atoms with van der Waals surface area (Å²) in [7, 11) is 5.88. The number of nitrogens with zero attached hydrogens (tertiary/aromatic N) is 2. The van der Waals surface area contributed by atoms with Crippen molar-refractivity contribution in [3.63, 3.8) is 0 Å². The third-order valence-electron chi connectivity index (χ3n) is 6.69. The molecular weight excluding hydrogens is 392 g/mol. The van der Waals surface area contributed by atoms with Gasteiger partial charge in [0.05, 0.1) is 12.5 Å². The van der Waals surface area contributed by atoms with Gasteiger partial charge < -0.3 is 9.64 Å². The lowest BCUT2D eigenvalue weighted by atomic mass is 9.97. The fourth-order valence-corrected chi connectivity index (χ4v) is 4.65. The Morgan fingerprint density at radius 2 is 1.56 bits per heavy atom. The van der Waals surface area contributed by atoms with E-state index in [1.165, 1.54) is 49.6 Å². The lowest BCUT2D eigenvalue weighted by molar-refractivity contribution is -0.516. The van der Waals surface area contributed by atoms with Crippen molar-refractivity contribution in [3.05, 3.63) is 83.7 Å². The van der Waals surface area contributed by atoms with Crippen LogP contribution in [-0.4, -0.2) is 21.2 Å². The molecule has 0 N–H and O–H groups in total. The molecule has 0 aliphatic heterocycles. The van der Waals surface area contributed by atoms with Crippen LogP contribution >= 0.6 is 0 Å². The maximum atomic E-state index is 5.82. The minimum atomic E-state index is 0.890. The summed E-state index contributed by atoms with van der Waals surface area (Å²) in [5.41, 5.74) is 8.55. The number of aryl methyl sites for hydroxylation is 3. The molecule has 3 nitrogen and oxygen atoms in total. The van der Waals surface area contributed by atoms with Crippen molar-refractivity contribution in [1.82, 2.24) is 0 Å². The zero-order valence-corrected chi connectivity index (χ0v) is 19.7. The zero-order chi connectivity index (χ0) is 22.6. The highest BCUT2D eigenvalue weighted by Gasteiger charge is 2.18. The topological polar surface area (TPSA) is 16.6 Å². The Hall–Kier alpha value is -3.59. The average molecular weight is 422 g/mol. The molecule has 0 fully saturated rings. The van der Waals surface area contributed by atoms with Crippen LogP contribution in [0.1, 0.15) is 16.8 Å². The third kappa shape index (κ3) is 3.16. The highest BCUT2D eigenvalue weighted by Crippen LogP contribution is 2.37. The van der Waals surface area contributed by atoms with E-state index in [-0.39, 0.29) is 0 Å². The third-order valence-corrected chi connectivity index (χ3v) is 6.69. The van der Waals surface area contributed by atoms with Crippen molar-refractivity contribution in [2.24, 2.45) is 0 Å². The molecule has 5 aromatic rings. The SMILES string of the molecule is COc1cc2cc[n+]3c(C)c4cc(C)c(C)cc4cc3c2cc1-c1cccc(N(C)C)c1. The summed E-state index contributed by atoms with van der Waals surface area (Å²) < 4.78 is 8.13. The van der Waals surface area contributed by atoms with E-state index in [9.17, 15) is 0 Å². The van der Waals surface area contributed by atoms with E-state index in [4.69, 9.17) is 4.74 Å². The molecule has 2 aromatic heterocycles. The lowest BCUT2D eigenvalue weighted by Crippen LogP contribution is -2.25. The van der Waals surface area contributed by atoms with Crippen molar-refractivity contribution in [2.75, 3.05) is 26.1 Å². The summed E-state index contributed by atoms with van der Waals surface area (Å²) in [5, 5.41) is 4.99. The summed E-state index contributed by atoms with van der Waals surface area (Å²) in [6, 6.07) is 22.2. The molecule has 0 bridgehead atoms. The molecule has 32 heavy (non-hydrogen) atoms. The van der Waals surface area contributed by atoms with Crippen LogP contribution in [0.4, 0.5) is 5.69 Å². The van der Waals surface area contributed by atoms with Crippen molar-refractivity contribution >= 4 is 32.7 Å². The van der Waals surface area contributed by atoms with Crippen LogP contribution in [0.15, 0.2) is 66.9 Å². The second-order valence-corrected chi connectivity index (χ2v) is 8.91. The molecular formula is C29H29N2O+. The first-order chi connectivity index (χ1) is 15.4. The molecule has 2 heterocycles. The number of rotatable bonds is 3. The largest absolute Gasteiger partial charge is 0.496 e. The predicted octanol–water partition coefficient (Wildman–Crippen LogP) is 6.40. The van der Waals surface area contributed by atoms with Gasteiger partial charge in [-0.2, -0.15) is 4.40 Å². The average Bonchev–Trinajstić information content (AvgIpc) is 2.79. The Morgan fingerprint density at radius 1 is 0.781 bits per heavy atom. The molecule has 0 atom stereocenters. The van der Waals surface area contributed by atoms with Gasteiger partial charge in [0.2, 0.25) is 5.52 Å². The number of anilines is 1. The molecule has 0 aliphatic rings. The number of methoxy groups -OCH3 is 1. The van der Waals surface area contributed by atoms with Gasteiger partial charge in [0.1, 0.15) is 5.75 Å². The van der Waals surface area contributed by atoms with Gasteiger partial charge in [-0.3, -0.25) is 0 Å². The van der Waals surface area contributed by atoms with Crippen LogP contribution in [0.2, 0.25) is 0 Å². The summed E-state index contributed by atoms with van der Waals surface area (Å²) in [5.74, 6) is 0.890. The number of hydrogen-bond donors (Lipinski definition) is 0. The smallest absolute Gasteiger partial charge is 0.219 e. The van der Waals surface area contributed by atoms with Gasteiger partial charge >= 0.3 is 0 Å². The summed E-state index contributed by atoms with van der Waals surface area (Å²) in [4.78, 5) is 2.13. The minimum Gasteiger partial charge on any atom is -0.496 e. The van der Waals surface area contributed by atoms with Gasteiger partial charge in [-0.1, -0.05) is 18.2 Å². The highest BCUT2D eigenvalue weighted by atomic mass is 16.5. The monoisotopic (exact) mass is 421 g/mol. The molecule has 0 saturated carbocycles. The molecule has 0 radical (unpaired) electrons. The Kier molecular flexibility index (Phi) is 4.78. The zero-order valence-electron chi connectivity index (χ0n) is 19.7. The Labute approximate surface area is 189 Å². The number of benzene rings is 3. The molecule has 0 aliphatic carbocycles. The van der Waals surface area contributed by atoms with E-state index in [1.807, 2.05) is 0 Å². The number of pyridine rings is 2. The fourth-order valence-electron chi connectivity index (χ4n) is 4.65. The first kappa shape index (κ1) is 20.3. The van der Waals surface area contributed by atoms with E-state index < -0.39 is 0 Å². The van der Waals surface area contributed by atoms with Gasteiger partial charge in [0, 0.05) is 49.8 Å². The van der Waals surface area contributed by atoms with Crippen LogP contribution in [0, 0.1) is 20.8 Å². The summed E-state index contributed by atoms with van der Waals surface area (Å²) >= 11 is 0. The standard InChI is InChI=1S/C29H29N2O/c1-18-12-23-15-28-26-17-27(21-8-7-9-24(14-21)30(4)5)29(32-6)16-22(26)10-11-31(28)20(3)25(23)13-19(18)2/h7-17H,1-6H3/q+1. The maximum Gasteiger partial charge on any atom is 0.219 e. The number of hydrogen-bond acceptors (Lipinski definition) is 2. The Balaban J connectivity index is 1.86. The second-order valence-electron chi connectivity index (χ2n) is 8.91. The van der Waals surface area contributed by atoms with Crippen LogP contribution in [0.5, 0.6) is 5.75 Å². The van der Waals surface area contributed by atoms with E-state index >= 15 is 0 Å². The van der Waals surface area contributed by atoms with E-state index in [2.05, 4.69) is 111 Å². The van der Waals surface area contributed by atoms with Gasteiger partial charge in [-0.25, -0.2) is 0 Å². The van der Waals surface area contributed by atoms with Crippen molar-refractivity contribution in [2.45, 2.75) is 20.8 Å². The first-order valence-electron chi connectivity index (χ1n) is 11.0. The van der Waals surface area contributed by atoms with Gasteiger partial charge in [0.15, 0.2) is 11.9 Å². The predicted molar refractivity (Wildman–Crippen MR) is 135 cm³/mol. The van der Waals surface area contributed by atoms with E-state index in [0.717, 1.165) is 16.9 Å². The van der Waals surface area contributed by atoms with Crippen molar-refractivity contribution in [1.29, 1.82) is 0 Å². The lowest BCUT2D eigenvalue weighted by Gasteiger charge is -2.16. The number of aromatic nitrogens is 1.